The molecule has 23 heavy (non-hydrogen) atoms. The number of carbonyl (C=O) groups is 1. The number of hydrogen-bond donors (Lipinski definition) is 3. The van der Waals surface area contributed by atoms with Gasteiger partial charge in [-0.1, -0.05) is 0 Å². The second-order valence-corrected chi connectivity index (χ2v) is 4.44. The number of nitrogens with zero attached hydrogens (tertiary/aromatic N) is 1. The summed E-state index contributed by atoms with van der Waals surface area (Å²) in [5, 5.41) is 23.0. The zero-order valence-electron chi connectivity index (χ0n) is 11.7. The maximum absolute atomic E-state index is 13.5. The fourth-order valence-corrected chi connectivity index (χ4v) is 1.65. The first-order valence-corrected chi connectivity index (χ1v) is 6.42. The van der Waals surface area contributed by atoms with E-state index < -0.39 is 17.5 Å². The van der Waals surface area contributed by atoms with E-state index in [1.54, 1.807) is 6.07 Å². The third-order valence-electron chi connectivity index (χ3n) is 2.79. The lowest BCUT2D eigenvalue weighted by atomic mass is 10.2. The van der Waals surface area contributed by atoms with Crippen molar-refractivity contribution >= 4 is 17.3 Å². The lowest BCUT2D eigenvalue weighted by Gasteiger charge is -2.06. The average Bonchev–Trinajstić information content (AvgIpc) is 2.52. The Labute approximate surface area is 130 Å². The Balaban J connectivity index is 2.10. The van der Waals surface area contributed by atoms with E-state index in [-0.39, 0.29) is 17.0 Å². The molecule has 5 nitrogen and oxygen atoms in total. The molecule has 0 heterocycles. The fraction of sp³-hybridized carbons (Fsp3) is 0. The van der Waals surface area contributed by atoms with Crippen LogP contribution in [0, 0.1) is 23.0 Å². The number of amides is 1. The molecule has 0 aliphatic rings. The van der Waals surface area contributed by atoms with Gasteiger partial charge in [-0.15, -0.1) is 0 Å². The Morgan fingerprint density at radius 2 is 1.87 bits per heavy atom. The average molecular weight is 315 g/mol. The molecule has 2 aromatic rings. The number of halogens is 2. The summed E-state index contributed by atoms with van der Waals surface area (Å²) in [7, 11) is 0. The Bertz CT molecular complexity index is 796. The van der Waals surface area contributed by atoms with E-state index >= 15 is 0 Å². The predicted octanol–water partition coefficient (Wildman–Crippen LogP) is 3.13. The van der Waals surface area contributed by atoms with Crippen LogP contribution in [0.25, 0.3) is 0 Å². The van der Waals surface area contributed by atoms with Gasteiger partial charge in [-0.2, -0.15) is 5.26 Å². The molecule has 0 aliphatic heterocycles. The van der Waals surface area contributed by atoms with Gasteiger partial charge in [-0.25, -0.2) is 8.78 Å². The number of benzene rings is 2. The van der Waals surface area contributed by atoms with Gasteiger partial charge >= 0.3 is 0 Å². The van der Waals surface area contributed by atoms with E-state index in [9.17, 15) is 13.6 Å². The first-order valence-electron chi connectivity index (χ1n) is 6.42. The molecule has 7 heteroatoms. The van der Waals surface area contributed by atoms with Crippen LogP contribution in [0.15, 0.2) is 54.2 Å². The third-order valence-corrected chi connectivity index (χ3v) is 2.79. The highest BCUT2D eigenvalue weighted by molar-refractivity contribution is 6.06. The van der Waals surface area contributed by atoms with Crippen molar-refractivity contribution in [3.05, 3.63) is 65.9 Å². The van der Waals surface area contributed by atoms with E-state index in [2.05, 4.69) is 10.6 Å². The molecule has 0 bridgehead atoms. The van der Waals surface area contributed by atoms with E-state index in [1.165, 1.54) is 24.3 Å². The molecule has 0 saturated heterocycles. The molecule has 0 spiro atoms. The van der Waals surface area contributed by atoms with Crippen molar-refractivity contribution in [1.82, 2.24) is 0 Å². The van der Waals surface area contributed by atoms with Crippen LogP contribution in [-0.4, -0.2) is 11.0 Å². The van der Waals surface area contributed by atoms with Crippen LogP contribution in [0.1, 0.15) is 0 Å². The maximum Gasteiger partial charge on any atom is 0.267 e. The summed E-state index contributed by atoms with van der Waals surface area (Å²) in [4.78, 5) is 11.9. The number of phenols is 1. The standard InChI is InChI=1S/C16H11F2N3O2/c17-11-1-6-15(14(18)7-11)20-9-10(8-19)16(23)21-12-2-4-13(22)5-3-12/h1-7,9,20,22H,(H,21,23)/b10-9-. The van der Waals surface area contributed by atoms with Crippen LogP contribution in [0.3, 0.4) is 0 Å². The summed E-state index contributed by atoms with van der Waals surface area (Å²) in [6.45, 7) is 0. The van der Waals surface area contributed by atoms with Crippen LogP contribution >= 0.6 is 0 Å². The Hall–Kier alpha value is -3.40. The zero-order chi connectivity index (χ0) is 16.8. The molecule has 2 rings (SSSR count). The Morgan fingerprint density at radius 3 is 2.48 bits per heavy atom. The molecule has 0 fully saturated rings. The first kappa shape index (κ1) is 16.0. The van der Waals surface area contributed by atoms with Gasteiger partial charge in [-0.3, -0.25) is 4.79 Å². The lowest BCUT2D eigenvalue weighted by molar-refractivity contribution is -0.112. The van der Waals surface area contributed by atoms with Gasteiger partial charge in [0.15, 0.2) is 0 Å². The molecule has 2 aromatic carbocycles. The van der Waals surface area contributed by atoms with Crippen molar-refractivity contribution in [2.75, 3.05) is 10.6 Å². The molecule has 0 aliphatic carbocycles. The Kier molecular flexibility index (Phi) is 4.89. The molecule has 0 radical (unpaired) electrons. The van der Waals surface area contributed by atoms with Crippen molar-refractivity contribution in [3.8, 4) is 11.8 Å². The fourth-order valence-electron chi connectivity index (χ4n) is 1.65. The largest absolute Gasteiger partial charge is 0.508 e. The number of nitrogens with one attached hydrogen (secondary N) is 2. The lowest BCUT2D eigenvalue weighted by Crippen LogP contribution is -2.14. The molecule has 116 valence electrons. The zero-order valence-corrected chi connectivity index (χ0v) is 11.7. The Morgan fingerprint density at radius 1 is 1.17 bits per heavy atom. The number of rotatable bonds is 4. The predicted molar refractivity (Wildman–Crippen MR) is 80.4 cm³/mol. The highest BCUT2D eigenvalue weighted by Gasteiger charge is 2.10. The van der Waals surface area contributed by atoms with Crippen LogP contribution in [0.2, 0.25) is 0 Å². The number of carbonyl (C=O) groups excluding carboxylic acids is 1. The van der Waals surface area contributed by atoms with E-state index in [1.807, 2.05) is 0 Å². The molecule has 1 amide bonds. The molecule has 0 unspecified atom stereocenters. The number of anilines is 2. The monoisotopic (exact) mass is 315 g/mol. The molecule has 0 aromatic heterocycles. The van der Waals surface area contributed by atoms with Crippen molar-refractivity contribution in [2.24, 2.45) is 0 Å². The number of phenolic OH excluding ortho intramolecular Hbond substituents is 1. The van der Waals surface area contributed by atoms with Crippen molar-refractivity contribution in [3.63, 3.8) is 0 Å². The van der Waals surface area contributed by atoms with Crippen molar-refractivity contribution < 1.29 is 18.7 Å². The molecular weight excluding hydrogens is 304 g/mol. The minimum Gasteiger partial charge on any atom is -0.508 e. The summed E-state index contributed by atoms with van der Waals surface area (Å²) in [5.41, 5.74) is 0.000274. The van der Waals surface area contributed by atoms with Crippen LogP contribution in [0.5, 0.6) is 5.75 Å². The van der Waals surface area contributed by atoms with E-state index in [0.717, 1.165) is 18.3 Å². The minimum atomic E-state index is -0.850. The summed E-state index contributed by atoms with van der Waals surface area (Å²) < 4.78 is 26.2. The number of hydrogen-bond acceptors (Lipinski definition) is 4. The van der Waals surface area contributed by atoms with Crippen molar-refractivity contribution in [1.29, 1.82) is 5.26 Å². The second kappa shape index (κ2) is 7.04. The highest BCUT2D eigenvalue weighted by atomic mass is 19.1. The summed E-state index contributed by atoms with van der Waals surface area (Å²) in [5.74, 6) is -2.26. The highest BCUT2D eigenvalue weighted by Crippen LogP contribution is 2.16. The molecular formula is C16H11F2N3O2. The van der Waals surface area contributed by atoms with Gasteiger partial charge < -0.3 is 15.7 Å². The van der Waals surface area contributed by atoms with E-state index in [4.69, 9.17) is 10.4 Å². The van der Waals surface area contributed by atoms with Crippen LogP contribution in [0.4, 0.5) is 20.2 Å². The number of nitriles is 1. The van der Waals surface area contributed by atoms with Crippen LogP contribution in [-0.2, 0) is 4.79 Å². The van der Waals surface area contributed by atoms with Crippen LogP contribution < -0.4 is 10.6 Å². The summed E-state index contributed by atoms with van der Waals surface area (Å²) in [6, 6.07) is 10.2. The number of aromatic hydroxyl groups is 1. The molecule has 0 atom stereocenters. The van der Waals surface area contributed by atoms with Crippen molar-refractivity contribution in [2.45, 2.75) is 0 Å². The smallest absolute Gasteiger partial charge is 0.267 e. The normalized spacial score (nSPS) is 10.7. The van der Waals surface area contributed by atoms with Gasteiger partial charge in [0, 0.05) is 18.0 Å². The van der Waals surface area contributed by atoms with Gasteiger partial charge in [0.2, 0.25) is 0 Å². The summed E-state index contributed by atoms with van der Waals surface area (Å²) >= 11 is 0. The van der Waals surface area contributed by atoms with Gasteiger partial charge in [0.05, 0.1) is 5.69 Å². The van der Waals surface area contributed by atoms with Gasteiger partial charge in [0.25, 0.3) is 5.91 Å². The summed E-state index contributed by atoms with van der Waals surface area (Å²) in [6.07, 6.45) is 1.02. The molecule has 3 N–H and O–H groups in total. The molecule has 0 saturated carbocycles. The quantitative estimate of drug-likeness (QED) is 0.460. The third kappa shape index (κ3) is 4.28. The topological polar surface area (TPSA) is 85.2 Å². The van der Waals surface area contributed by atoms with E-state index in [0.29, 0.717) is 11.8 Å². The minimum absolute atomic E-state index is 0.0347. The maximum atomic E-state index is 13.5. The first-order chi connectivity index (χ1) is 11.0. The second-order valence-electron chi connectivity index (χ2n) is 4.44. The van der Waals surface area contributed by atoms with Gasteiger partial charge in [0.1, 0.15) is 29.0 Å². The SMILES string of the molecule is N#C/C(=C/Nc1ccc(F)cc1F)C(=O)Nc1ccc(O)cc1. The van der Waals surface area contributed by atoms with Gasteiger partial charge in [-0.05, 0) is 36.4 Å².